The van der Waals surface area contributed by atoms with Crippen LogP contribution in [0.5, 0.6) is 11.5 Å². The van der Waals surface area contributed by atoms with E-state index in [1.807, 2.05) is 9.80 Å². The third-order valence-corrected chi connectivity index (χ3v) is 5.40. The quantitative estimate of drug-likeness (QED) is 0.650. The Morgan fingerprint density at radius 2 is 1.62 bits per heavy atom. The first-order chi connectivity index (χ1) is 15.3. The van der Waals surface area contributed by atoms with Crippen LogP contribution in [-0.4, -0.2) is 55.4 Å². The van der Waals surface area contributed by atoms with Gasteiger partial charge in [-0.15, -0.1) is 0 Å². The molecule has 3 aromatic rings. The fourth-order valence-corrected chi connectivity index (χ4v) is 3.70. The SMILES string of the molecule is COc1cc2nc(N3CCCN(c4ccc(C(F)(F)F)cn4)CC3)nc(N)c2cc1OC. The Morgan fingerprint density at radius 3 is 2.28 bits per heavy atom. The van der Waals surface area contributed by atoms with Crippen LogP contribution < -0.4 is 25.0 Å². The number of nitrogens with zero attached hydrogens (tertiary/aromatic N) is 5. The third-order valence-electron chi connectivity index (χ3n) is 5.40. The molecule has 0 radical (unpaired) electrons. The molecule has 0 atom stereocenters. The summed E-state index contributed by atoms with van der Waals surface area (Å²) in [6.45, 7) is 2.46. The Labute approximate surface area is 182 Å². The molecule has 4 rings (SSSR count). The first-order valence-corrected chi connectivity index (χ1v) is 10.0. The number of aromatic nitrogens is 3. The summed E-state index contributed by atoms with van der Waals surface area (Å²) >= 11 is 0. The summed E-state index contributed by atoms with van der Waals surface area (Å²) < 4.78 is 49.1. The highest BCUT2D eigenvalue weighted by Crippen LogP contribution is 2.34. The maximum Gasteiger partial charge on any atom is 0.417 e. The van der Waals surface area contributed by atoms with Gasteiger partial charge < -0.3 is 25.0 Å². The Hall–Kier alpha value is -3.50. The van der Waals surface area contributed by atoms with Gasteiger partial charge in [-0.05, 0) is 24.6 Å². The number of ether oxygens (including phenoxy) is 2. The van der Waals surface area contributed by atoms with E-state index in [2.05, 4.69) is 15.0 Å². The monoisotopic (exact) mass is 448 g/mol. The van der Waals surface area contributed by atoms with Gasteiger partial charge in [-0.1, -0.05) is 0 Å². The highest BCUT2D eigenvalue weighted by atomic mass is 19.4. The van der Waals surface area contributed by atoms with Gasteiger partial charge in [0.2, 0.25) is 5.95 Å². The van der Waals surface area contributed by atoms with E-state index in [-0.39, 0.29) is 0 Å². The number of benzene rings is 1. The first-order valence-electron chi connectivity index (χ1n) is 10.0. The number of rotatable bonds is 4. The van der Waals surface area contributed by atoms with E-state index in [0.717, 1.165) is 18.7 Å². The molecular weight excluding hydrogens is 425 g/mol. The van der Waals surface area contributed by atoms with Crippen LogP contribution >= 0.6 is 0 Å². The number of anilines is 3. The van der Waals surface area contributed by atoms with Crippen LogP contribution in [0.15, 0.2) is 30.5 Å². The smallest absolute Gasteiger partial charge is 0.417 e. The normalized spacial score (nSPS) is 15.0. The summed E-state index contributed by atoms with van der Waals surface area (Å²) in [7, 11) is 3.09. The average Bonchev–Trinajstić information content (AvgIpc) is 3.04. The minimum absolute atomic E-state index is 0.330. The summed E-state index contributed by atoms with van der Waals surface area (Å²) in [5, 5.41) is 0.664. The fraction of sp³-hybridized carbons (Fsp3) is 0.381. The number of halogens is 3. The molecule has 170 valence electrons. The number of pyridine rings is 1. The maximum atomic E-state index is 12.8. The van der Waals surface area contributed by atoms with Gasteiger partial charge in [-0.2, -0.15) is 18.2 Å². The Kier molecular flexibility index (Phi) is 5.81. The summed E-state index contributed by atoms with van der Waals surface area (Å²) in [5.41, 5.74) is 6.07. The number of nitrogens with two attached hydrogens (primary N) is 1. The van der Waals surface area contributed by atoms with Crippen LogP contribution in [0.25, 0.3) is 10.9 Å². The van der Waals surface area contributed by atoms with Crippen molar-refractivity contribution in [2.45, 2.75) is 12.6 Å². The number of hydrogen-bond acceptors (Lipinski definition) is 8. The molecule has 0 bridgehead atoms. The van der Waals surface area contributed by atoms with Crippen molar-refractivity contribution in [3.8, 4) is 11.5 Å². The second-order valence-electron chi connectivity index (χ2n) is 7.36. The third kappa shape index (κ3) is 4.27. The maximum absolute atomic E-state index is 12.8. The number of alkyl halides is 3. The van der Waals surface area contributed by atoms with Crippen molar-refractivity contribution in [2.75, 3.05) is 55.9 Å². The van der Waals surface area contributed by atoms with Gasteiger partial charge in [-0.3, -0.25) is 0 Å². The molecule has 1 aliphatic rings. The molecular formula is C21H23F3N6O2. The van der Waals surface area contributed by atoms with Crippen molar-refractivity contribution < 1.29 is 22.6 Å². The van der Waals surface area contributed by atoms with Crippen molar-refractivity contribution in [3.05, 3.63) is 36.0 Å². The van der Waals surface area contributed by atoms with Crippen LogP contribution in [0, 0.1) is 0 Å². The zero-order valence-corrected chi connectivity index (χ0v) is 17.7. The minimum atomic E-state index is -4.40. The second kappa shape index (κ2) is 8.56. The van der Waals surface area contributed by atoms with Crippen molar-refractivity contribution >= 4 is 28.5 Å². The topological polar surface area (TPSA) is 89.6 Å². The van der Waals surface area contributed by atoms with Gasteiger partial charge in [0.1, 0.15) is 11.6 Å². The molecule has 1 saturated heterocycles. The van der Waals surface area contributed by atoms with E-state index in [0.29, 0.717) is 66.2 Å². The number of nitrogen functional groups attached to an aromatic ring is 1. The molecule has 11 heteroatoms. The van der Waals surface area contributed by atoms with Gasteiger partial charge in [0.05, 0.1) is 25.3 Å². The Morgan fingerprint density at radius 1 is 0.938 bits per heavy atom. The van der Waals surface area contributed by atoms with Crippen molar-refractivity contribution in [2.24, 2.45) is 0 Å². The molecule has 2 N–H and O–H groups in total. The molecule has 0 aliphatic carbocycles. The molecule has 1 aliphatic heterocycles. The molecule has 32 heavy (non-hydrogen) atoms. The van der Waals surface area contributed by atoms with Gasteiger partial charge in [0, 0.05) is 43.8 Å². The van der Waals surface area contributed by atoms with E-state index >= 15 is 0 Å². The molecule has 1 aromatic carbocycles. The average molecular weight is 448 g/mol. The molecule has 0 amide bonds. The van der Waals surface area contributed by atoms with Crippen LogP contribution in [0.2, 0.25) is 0 Å². The van der Waals surface area contributed by atoms with E-state index < -0.39 is 11.7 Å². The molecule has 3 heterocycles. The molecule has 2 aromatic heterocycles. The van der Waals surface area contributed by atoms with Crippen molar-refractivity contribution in [1.29, 1.82) is 0 Å². The van der Waals surface area contributed by atoms with Gasteiger partial charge in [-0.25, -0.2) is 9.97 Å². The summed E-state index contributed by atoms with van der Waals surface area (Å²) in [4.78, 5) is 17.1. The molecule has 0 unspecified atom stereocenters. The van der Waals surface area contributed by atoms with Crippen LogP contribution in [0.4, 0.5) is 30.8 Å². The molecule has 1 fully saturated rings. The molecule has 8 nitrogen and oxygen atoms in total. The predicted octanol–water partition coefficient (Wildman–Crippen LogP) is 3.36. The van der Waals surface area contributed by atoms with Gasteiger partial charge in [0.25, 0.3) is 0 Å². The Balaban J connectivity index is 1.55. The van der Waals surface area contributed by atoms with Crippen molar-refractivity contribution in [1.82, 2.24) is 15.0 Å². The highest BCUT2D eigenvalue weighted by Gasteiger charge is 2.31. The Bertz CT molecular complexity index is 1110. The van der Waals surface area contributed by atoms with E-state index in [1.165, 1.54) is 6.07 Å². The summed E-state index contributed by atoms with van der Waals surface area (Å²) in [5.74, 6) is 2.41. The lowest BCUT2D eigenvalue weighted by Crippen LogP contribution is -2.32. The first kappa shape index (κ1) is 21.7. The van der Waals surface area contributed by atoms with Gasteiger partial charge >= 0.3 is 6.18 Å². The lowest BCUT2D eigenvalue weighted by atomic mass is 10.2. The number of hydrogen-bond donors (Lipinski definition) is 1. The van der Waals surface area contributed by atoms with Crippen LogP contribution in [0.1, 0.15) is 12.0 Å². The number of methoxy groups -OCH3 is 2. The lowest BCUT2D eigenvalue weighted by molar-refractivity contribution is -0.137. The molecule has 0 saturated carbocycles. The summed E-state index contributed by atoms with van der Waals surface area (Å²) in [6.07, 6.45) is -2.77. The van der Waals surface area contributed by atoms with Crippen LogP contribution in [0.3, 0.4) is 0 Å². The van der Waals surface area contributed by atoms with Gasteiger partial charge in [0.15, 0.2) is 11.5 Å². The summed E-state index contributed by atoms with van der Waals surface area (Å²) in [6, 6.07) is 5.96. The zero-order valence-electron chi connectivity index (χ0n) is 17.7. The lowest BCUT2D eigenvalue weighted by Gasteiger charge is -2.23. The molecule has 0 spiro atoms. The number of fused-ring (bicyclic) bond motifs is 1. The minimum Gasteiger partial charge on any atom is -0.493 e. The van der Waals surface area contributed by atoms with Crippen molar-refractivity contribution in [3.63, 3.8) is 0 Å². The fourth-order valence-electron chi connectivity index (χ4n) is 3.70. The van der Waals surface area contributed by atoms with Crippen LogP contribution in [-0.2, 0) is 6.18 Å². The second-order valence-corrected chi connectivity index (χ2v) is 7.36. The standard InChI is InChI=1S/C21H23F3N6O2/c1-31-16-10-14-15(11-17(16)32-2)27-20(28-19(14)25)30-7-3-6-29(8-9-30)18-5-4-13(12-26-18)21(22,23)24/h4-5,10-12H,3,6-9H2,1-2H3,(H2,25,27,28). The van der Waals surface area contributed by atoms with E-state index in [1.54, 1.807) is 26.4 Å². The predicted molar refractivity (Wildman–Crippen MR) is 115 cm³/mol. The van der Waals surface area contributed by atoms with E-state index in [4.69, 9.17) is 15.2 Å². The highest BCUT2D eigenvalue weighted by molar-refractivity contribution is 5.91. The largest absolute Gasteiger partial charge is 0.493 e. The zero-order chi connectivity index (χ0) is 22.9. The van der Waals surface area contributed by atoms with E-state index in [9.17, 15) is 13.2 Å².